The van der Waals surface area contributed by atoms with Gasteiger partial charge < -0.3 is 14.6 Å². The van der Waals surface area contributed by atoms with Crippen molar-refractivity contribution in [2.75, 3.05) is 13.2 Å². The highest BCUT2D eigenvalue weighted by atomic mass is 16.6. The highest BCUT2D eigenvalue weighted by molar-refractivity contribution is 5.90. The summed E-state index contributed by atoms with van der Waals surface area (Å²) in [5.74, 6) is -0.858. The van der Waals surface area contributed by atoms with Crippen LogP contribution in [0, 0.1) is 0 Å². The average Bonchev–Trinajstić information content (AvgIpc) is 3.06. The van der Waals surface area contributed by atoms with Crippen LogP contribution in [0.5, 0.6) is 0 Å². The minimum absolute atomic E-state index is 0.0489. The van der Waals surface area contributed by atoms with Crippen molar-refractivity contribution in [3.8, 4) is 0 Å². The fourth-order valence-electron chi connectivity index (χ4n) is 5.10. The second-order valence-electron chi connectivity index (χ2n) is 12.7. The predicted octanol–water partition coefficient (Wildman–Crippen LogP) is 11.0. The fourth-order valence-corrected chi connectivity index (χ4v) is 5.10. The molecule has 0 bridgehead atoms. The lowest BCUT2D eigenvalue weighted by atomic mass is 10.0. The first-order chi connectivity index (χ1) is 23.0. The minimum Gasteiger partial charge on any atom is -0.463 e. The summed E-state index contributed by atoms with van der Waals surface area (Å²) in [5.41, 5.74) is 0. The number of aliphatic hydroxyl groups is 1. The Morgan fingerprint density at radius 2 is 0.957 bits per heavy atom. The molecule has 47 heavy (non-hydrogen) atoms. The van der Waals surface area contributed by atoms with Gasteiger partial charge in [-0.2, -0.15) is 0 Å². The molecule has 6 heteroatoms. The SMILES string of the molecule is CCCCC/C=C\C/C=C\C/C=C\C=C\C(=O)CCCC(=O)OC[C@H](O)COC(=O)CCCCCCCCCCCCCCCCC. The molecule has 0 rings (SSSR count). The van der Waals surface area contributed by atoms with Crippen molar-refractivity contribution in [1.29, 1.82) is 0 Å². The smallest absolute Gasteiger partial charge is 0.305 e. The number of allylic oxidation sites excluding steroid dienone is 8. The molecular weight excluding hydrogens is 588 g/mol. The van der Waals surface area contributed by atoms with Crippen LogP contribution in [-0.2, 0) is 23.9 Å². The molecular formula is C41H70O6. The second-order valence-corrected chi connectivity index (χ2v) is 12.7. The van der Waals surface area contributed by atoms with Gasteiger partial charge in [0.1, 0.15) is 19.3 Å². The third-order valence-corrected chi connectivity index (χ3v) is 8.04. The van der Waals surface area contributed by atoms with Gasteiger partial charge in [0.25, 0.3) is 0 Å². The largest absolute Gasteiger partial charge is 0.463 e. The lowest BCUT2D eigenvalue weighted by Gasteiger charge is -2.12. The Labute approximate surface area is 288 Å². The van der Waals surface area contributed by atoms with Crippen molar-refractivity contribution >= 4 is 17.7 Å². The maximum Gasteiger partial charge on any atom is 0.305 e. The van der Waals surface area contributed by atoms with Gasteiger partial charge in [-0.25, -0.2) is 0 Å². The molecule has 0 aliphatic heterocycles. The zero-order valence-electron chi connectivity index (χ0n) is 30.3. The molecule has 0 aromatic carbocycles. The summed E-state index contributed by atoms with van der Waals surface area (Å²) >= 11 is 0. The van der Waals surface area contributed by atoms with E-state index in [2.05, 4.69) is 38.2 Å². The van der Waals surface area contributed by atoms with Crippen LogP contribution < -0.4 is 0 Å². The van der Waals surface area contributed by atoms with Crippen LogP contribution in [-0.4, -0.2) is 42.1 Å². The fraction of sp³-hybridized carbons (Fsp3) is 0.732. The Balaban J connectivity index is 3.64. The number of hydrogen-bond donors (Lipinski definition) is 1. The molecule has 0 radical (unpaired) electrons. The molecule has 0 spiro atoms. The third kappa shape index (κ3) is 36.2. The molecule has 0 aromatic rings. The quantitative estimate of drug-likeness (QED) is 0.0243. The minimum atomic E-state index is -1.05. The maximum atomic E-state index is 12.0. The molecule has 0 aromatic heterocycles. The van der Waals surface area contributed by atoms with E-state index in [0.717, 1.165) is 38.5 Å². The van der Waals surface area contributed by atoms with Gasteiger partial charge in [-0.05, 0) is 44.6 Å². The van der Waals surface area contributed by atoms with Crippen LogP contribution in [0.1, 0.15) is 174 Å². The van der Waals surface area contributed by atoms with E-state index in [1.165, 1.54) is 102 Å². The zero-order valence-corrected chi connectivity index (χ0v) is 30.3. The number of unbranched alkanes of at least 4 members (excludes halogenated alkanes) is 17. The molecule has 270 valence electrons. The Morgan fingerprint density at radius 1 is 0.511 bits per heavy atom. The van der Waals surface area contributed by atoms with Gasteiger partial charge in [0.05, 0.1) is 0 Å². The van der Waals surface area contributed by atoms with E-state index in [9.17, 15) is 19.5 Å². The van der Waals surface area contributed by atoms with Gasteiger partial charge in [0.2, 0.25) is 0 Å². The van der Waals surface area contributed by atoms with E-state index in [0.29, 0.717) is 12.8 Å². The summed E-state index contributed by atoms with van der Waals surface area (Å²) in [6.07, 6.45) is 41.6. The molecule has 0 unspecified atom stereocenters. The van der Waals surface area contributed by atoms with Crippen molar-refractivity contribution in [1.82, 2.24) is 0 Å². The number of carbonyl (C=O) groups excluding carboxylic acids is 3. The number of hydrogen-bond acceptors (Lipinski definition) is 6. The molecule has 0 amide bonds. The molecule has 6 nitrogen and oxygen atoms in total. The van der Waals surface area contributed by atoms with Crippen LogP contribution >= 0.6 is 0 Å². The van der Waals surface area contributed by atoms with Crippen LogP contribution in [0.25, 0.3) is 0 Å². The van der Waals surface area contributed by atoms with Crippen LogP contribution in [0.15, 0.2) is 48.6 Å². The molecule has 0 aliphatic rings. The summed E-state index contributed by atoms with van der Waals surface area (Å²) in [6, 6.07) is 0. The van der Waals surface area contributed by atoms with Gasteiger partial charge in [0.15, 0.2) is 5.78 Å². The highest BCUT2D eigenvalue weighted by Gasteiger charge is 2.12. The van der Waals surface area contributed by atoms with Crippen LogP contribution in [0.3, 0.4) is 0 Å². The van der Waals surface area contributed by atoms with Gasteiger partial charge in [0, 0.05) is 19.3 Å². The van der Waals surface area contributed by atoms with Crippen molar-refractivity contribution in [2.45, 2.75) is 180 Å². The summed E-state index contributed by atoms with van der Waals surface area (Å²) in [4.78, 5) is 35.9. The molecule has 0 aliphatic carbocycles. The summed E-state index contributed by atoms with van der Waals surface area (Å²) in [5, 5.41) is 9.98. The molecule has 0 saturated heterocycles. The monoisotopic (exact) mass is 659 g/mol. The number of rotatable bonds is 34. The van der Waals surface area contributed by atoms with Crippen molar-refractivity contribution in [3.05, 3.63) is 48.6 Å². The van der Waals surface area contributed by atoms with Crippen molar-refractivity contribution in [2.24, 2.45) is 0 Å². The van der Waals surface area contributed by atoms with Crippen molar-refractivity contribution < 1.29 is 29.0 Å². The van der Waals surface area contributed by atoms with E-state index in [-0.39, 0.29) is 37.8 Å². The Morgan fingerprint density at radius 3 is 1.51 bits per heavy atom. The summed E-state index contributed by atoms with van der Waals surface area (Å²) in [7, 11) is 0. The summed E-state index contributed by atoms with van der Waals surface area (Å²) < 4.78 is 10.2. The molecule has 0 fully saturated rings. The van der Waals surface area contributed by atoms with E-state index < -0.39 is 12.1 Å². The third-order valence-electron chi connectivity index (χ3n) is 8.04. The van der Waals surface area contributed by atoms with Crippen molar-refractivity contribution in [3.63, 3.8) is 0 Å². The number of esters is 2. The van der Waals surface area contributed by atoms with E-state index in [4.69, 9.17) is 9.47 Å². The average molecular weight is 659 g/mol. The number of ether oxygens (including phenoxy) is 2. The topological polar surface area (TPSA) is 89.9 Å². The molecule has 1 atom stereocenters. The Hall–Kier alpha value is -2.47. The highest BCUT2D eigenvalue weighted by Crippen LogP contribution is 2.14. The van der Waals surface area contributed by atoms with Crippen LogP contribution in [0.4, 0.5) is 0 Å². The Bertz CT molecular complexity index is 856. The maximum absolute atomic E-state index is 12.0. The lowest BCUT2D eigenvalue weighted by molar-refractivity contribution is -0.152. The van der Waals surface area contributed by atoms with E-state index in [1.807, 2.05) is 12.2 Å². The molecule has 0 heterocycles. The first kappa shape index (κ1) is 44.5. The Kier molecular flexibility index (Phi) is 34.5. The second kappa shape index (κ2) is 36.4. The van der Waals surface area contributed by atoms with E-state index in [1.54, 1.807) is 6.08 Å². The standard InChI is InChI=1S/C41H70O6/c1-3-5-7-9-11-13-15-17-18-20-22-24-26-28-30-34-40(44)46-36-39(43)37-47-41(45)35-31-33-38(42)32-29-27-25-23-21-19-16-14-12-10-8-6-4-2/h12,14,19,21,25,27,29,32,39,43H,3-11,13,15-18,20,22-24,26,28,30-31,33-37H2,1-2H3/b14-12-,21-19-,27-25-,32-29+/t39-/m1/s1. The van der Waals surface area contributed by atoms with Gasteiger partial charge in [-0.1, -0.05) is 159 Å². The van der Waals surface area contributed by atoms with Gasteiger partial charge in [-0.3, -0.25) is 14.4 Å². The first-order valence-corrected chi connectivity index (χ1v) is 19.1. The number of carbonyl (C=O) groups is 3. The lowest BCUT2D eigenvalue weighted by Crippen LogP contribution is -2.25. The summed E-state index contributed by atoms with van der Waals surface area (Å²) in [6.45, 7) is 4.06. The first-order valence-electron chi connectivity index (χ1n) is 19.1. The molecule has 0 saturated carbocycles. The molecule has 1 N–H and O–H groups in total. The van der Waals surface area contributed by atoms with Crippen LogP contribution in [0.2, 0.25) is 0 Å². The number of aliphatic hydroxyl groups excluding tert-OH is 1. The number of ketones is 1. The predicted molar refractivity (Wildman–Crippen MR) is 196 cm³/mol. The van der Waals surface area contributed by atoms with Gasteiger partial charge in [-0.15, -0.1) is 0 Å². The zero-order chi connectivity index (χ0) is 34.5. The normalized spacial score (nSPS) is 12.6. The van der Waals surface area contributed by atoms with E-state index >= 15 is 0 Å². The van der Waals surface area contributed by atoms with Gasteiger partial charge >= 0.3 is 11.9 Å².